The van der Waals surface area contributed by atoms with Gasteiger partial charge in [0.2, 0.25) is 15.9 Å². The van der Waals surface area contributed by atoms with E-state index in [-0.39, 0.29) is 22.9 Å². The Labute approximate surface area is 161 Å². The molecule has 2 saturated heterocycles. The Morgan fingerprint density at radius 1 is 1.07 bits per heavy atom. The van der Waals surface area contributed by atoms with E-state index in [1.54, 1.807) is 38.3 Å². The van der Waals surface area contributed by atoms with Crippen LogP contribution in [0.15, 0.2) is 29.2 Å². The molecule has 2 aliphatic heterocycles. The monoisotopic (exact) mass is 396 g/mol. The number of sulfonamides is 1. The van der Waals surface area contributed by atoms with E-state index in [1.807, 2.05) is 4.90 Å². The molecule has 0 bridgehead atoms. The molecule has 2 heterocycles. The molecule has 2 aliphatic rings. The predicted molar refractivity (Wildman–Crippen MR) is 101 cm³/mol. The highest BCUT2D eigenvalue weighted by Gasteiger charge is 2.35. The first kappa shape index (κ1) is 20.1. The summed E-state index contributed by atoms with van der Waals surface area (Å²) in [5, 5.41) is 0. The summed E-state index contributed by atoms with van der Waals surface area (Å²) >= 11 is 0. The number of rotatable bonds is 5. The van der Waals surface area contributed by atoms with Gasteiger partial charge in [-0.2, -0.15) is 4.31 Å². The minimum absolute atomic E-state index is 0.0679. The van der Waals surface area contributed by atoms with Crippen molar-refractivity contribution >= 4 is 15.9 Å². The van der Waals surface area contributed by atoms with Gasteiger partial charge in [0.15, 0.2) is 0 Å². The molecule has 1 amide bonds. The molecule has 0 N–H and O–H groups in total. The van der Waals surface area contributed by atoms with Gasteiger partial charge in [-0.05, 0) is 49.9 Å². The zero-order valence-corrected chi connectivity index (χ0v) is 16.8. The molecule has 1 aromatic rings. The van der Waals surface area contributed by atoms with Crippen molar-refractivity contribution < 1.29 is 22.7 Å². The molecule has 150 valence electrons. The van der Waals surface area contributed by atoms with Crippen LogP contribution in [0.4, 0.5) is 0 Å². The van der Waals surface area contributed by atoms with Crippen molar-refractivity contribution in [1.29, 1.82) is 0 Å². The Hall–Kier alpha value is -1.64. The van der Waals surface area contributed by atoms with Gasteiger partial charge in [-0.15, -0.1) is 0 Å². The predicted octanol–water partition coefficient (Wildman–Crippen LogP) is 1.88. The SMILES string of the molecule is COc1ccc(S(=O)(=O)N2CCC(N(C(C)=O)C3CCOCC3)CC2)cc1. The zero-order valence-electron chi connectivity index (χ0n) is 16.0. The molecule has 27 heavy (non-hydrogen) atoms. The molecule has 7 nitrogen and oxygen atoms in total. The van der Waals surface area contributed by atoms with E-state index in [9.17, 15) is 13.2 Å². The first-order chi connectivity index (χ1) is 12.9. The van der Waals surface area contributed by atoms with Crippen LogP contribution in [0.5, 0.6) is 5.75 Å². The number of hydrogen-bond donors (Lipinski definition) is 0. The van der Waals surface area contributed by atoms with Crippen LogP contribution in [-0.2, 0) is 19.6 Å². The van der Waals surface area contributed by atoms with Crippen LogP contribution in [-0.4, -0.2) is 69.0 Å². The second kappa shape index (κ2) is 8.58. The van der Waals surface area contributed by atoms with Gasteiger partial charge < -0.3 is 14.4 Å². The maximum absolute atomic E-state index is 12.9. The standard InChI is InChI=1S/C19H28N2O5S/c1-15(22)21(17-9-13-26-14-10-17)16-7-11-20(12-8-16)27(23,24)19-5-3-18(25-2)4-6-19/h3-6,16-17H,7-14H2,1-2H3. The fraction of sp³-hybridized carbons (Fsp3) is 0.632. The fourth-order valence-electron chi connectivity index (χ4n) is 4.03. The summed E-state index contributed by atoms with van der Waals surface area (Å²) in [6, 6.07) is 6.75. The molecule has 0 aromatic heterocycles. The van der Waals surface area contributed by atoms with Gasteiger partial charge in [0.1, 0.15) is 5.75 Å². The number of ether oxygens (including phenoxy) is 2. The smallest absolute Gasteiger partial charge is 0.243 e. The number of hydrogen-bond acceptors (Lipinski definition) is 5. The molecule has 3 rings (SSSR count). The summed E-state index contributed by atoms with van der Waals surface area (Å²) in [5.41, 5.74) is 0. The van der Waals surface area contributed by atoms with Gasteiger partial charge in [0.25, 0.3) is 0 Å². The van der Waals surface area contributed by atoms with Crippen LogP contribution < -0.4 is 4.74 Å². The number of methoxy groups -OCH3 is 1. The van der Waals surface area contributed by atoms with Crippen molar-refractivity contribution in [3.8, 4) is 5.75 Å². The molecule has 0 radical (unpaired) electrons. The second-order valence-corrected chi connectivity index (χ2v) is 9.02. The second-order valence-electron chi connectivity index (χ2n) is 7.08. The molecule has 8 heteroatoms. The normalized spacial score (nSPS) is 20.4. The third kappa shape index (κ3) is 4.44. The van der Waals surface area contributed by atoms with E-state index < -0.39 is 10.0 Å². The fourth-order valence-corrected chi connectivity index (χ4v) is 5.50. The molecule has 0 saturated carbocycles. The van der Waals surface area contributed by atoms with Crippen LogP contribution in [0.3, 0.4) is 0 Å². The van der Waals surface area contributed by atoms with E-state index in [0.717, 1.165) is 12.8 Å². The lowest BCUT2D eigenvalue weighted by Crippen LogP contribution is -2.53. The summed E-state index contributed by atoms with van der Waals surface area (Å²) in [7, 11) is -1.98. The average Bonchev–Trinajstić information content (AvgIpc) is 2.69. The van der Waals surface area contributed by atoms with Crippen molar-refractivity contribution in [1.82, 2.24) is 9.21 Å². The minimum atomic E-state index is -3.53. The van der Waals surface area contributed by atoms with Crippen molar-refractivity contribution in [2.75, 3.05) is 33.4 Å². The number of amides is 1. The van der Waals surface area contributed by atoms with Crippen molar-refractivity contribution in [3.63, 3.8) is 0 Å². The Balaban J connectivity index is 1.66. The largest absolute Gasteiger partial charge is 0.497 e. The number of nitrogens with zero attached hydrogens (tertiary/aromatic N) is 2. The van der Waals surface area contributed by atoms with Crippen molar-refractivity contribution in [3.05, 3.63) is 24.3 Å². The first-order valence-electron chi connectivity index (χ1n) is 9.44. The maximum Gasteiger partial charge on any atom is 0.243 e. The summed E-state index contributed by atoms with van der Waals surface area (Å²) in [5.74, 6) is 0.694. The van der Waals surface area contributed by atoms with Gasteiger partial charge in [-0.1, -0.05) is 0 Å². The lowest BCUT2D eigenvalue weighted by molar-refractivity contribution is -0.137. The number of carbonyl (C=O) groups excluding carboxylic acids is 1. The Morgan fingerprint density at radius 2 is 1.63 bits per heavy atom. The van der Waals surface area contributed by atoms with Crippen molar-refractivity contribution in [2.24, 2.45) is 0 Å². The third-order valence-electron chi connectivity index (χ3n) is 5.46. The number of benzene rings is 1. The lowest BCUT2D eigenvalue weighted by Gasteiger charge is -2.43. The Kier molecular flexibility index (Phi) is 6.39. The highest BCUT2D eigenvalue weighted by atomic mass is 32.2. The zero-order chi connectivity index (χ0) is 19.4. The maximum atomic E-state index is 12.9. The van der Waals surface area contributed by atoms with Gasteiger partial charge in [-0.25, -0.2) is 8.42 Å². The molecule has 2 fully saturated rings. The summed E-state index contributed by atoms with van der Waals surface area (Å²) in [4.78, 5) is 14.5. The van der Waals surface area contributed by atoms with Gasteiger partial charge >= 0.3 is 0 Å². The molecule has 0 atom stereocenters. The van der Waals surface area contributed by atoms with E-state index in [2.05, 4.69) is 0 Å². The van der Waals surface area contributed by atoms with Gasteiger partial charge in [0, 0.05) is 45.3 Å². The van der Waals surface area contributed by atoms with Crippen LogP contribution in [0.25, 0.3) is 0 Å². The van der Waals surface area contributed by atoms with E-state index >= 15 is 0 Å². The average molecular weight is 397 g/mol. The number of piperidine rings is 1. The number of carbonyl (C=O) groups is 1. The summed E-state index contributed by atoms with van der Waals surface area (Å²) in [6.45, 7) is 3.81. The van der Waals surface area contributed by atoms with Gasteiger partial charge in [-0.3, -0.25) is 4.79 Å². The van der Waals surface area contributed by atoms with E-state index in [1.165, 1.54) is 4.31 Å². The van der Waals surface area contributed by atoms with Crippen LogP contribution in [0.1, 0.15) is 32.6 Å². The van der Waals surface area contributed by atoms with Crippen molar-refractivity contribution in [2.45, 2.75) is 49.6 Å². The molecular weight excluding hydrogens is 368 g/mol. The molecule has 0 aliphatic carbocycles. The highest BCUT2D eigenvalue weighted by Crippen LogP contribution is 2.27. The van der Waals surface area contributed by atoms with Gasteiger partial charge in [0.05, 0.1) is 12.0 Å². The van der Waals surface area contributed by atoms with Crippen LogP contribution >= 0.6 is 0 Å². The van der Waals surface area contributed by atoms with Crippen LogP contribution in [0, 0.1) is 0 Å². The molecule has 1 aromatic carbocycles. The van der Waals surface area contributed by atoms with E-state index in [4.69, 9.17) is 9.47 Å². The molecule has 0 unspecified atom stereocenters. The highest BCUT2D eigenvalue weighted by molar-refractivity contribution is 7.89. The molecular formula is C19H28N2O5S. The molecule has 0 spiro atoms. The lowest BCUT2D eigenvalue weighted by atomic mass is 9.99. The topological polar surface area (TPSA) is 76.2 Å². The summed E-state index contributed by atoms with van der Waals surface area (Å²) in [6.07, 6.45) is 3.02. The van der Waals surface area contributed by atoms with Crippen LogP contribution in [0.2, 0.25) is 0 Å². The Bertz CT molecular complexity index is 736. The Morgan fingerprint density at radius 3 is 2.15 bits per heavy atom. The van der Waals surface area contributed by atoms with E-state index in [0.29, 0.717) is 44.9 Å². The minimum Gasteiger partial charge on any atom is -0.497 e. The first-order valence-corrected chi connectivity index (χ1v) is 10.9. The summed E-state index contributed by atoms with van der Waals surface area (Å²) < 4.78 is 37.8. The quantitative estimate of drug-likeness (QED) is 0.760. The third-order valence-corrected chi connectivity index (χ3v) is 7.37.